The Labute approximate surface area is 112 Å². The van der Waals surface area contributed by atoms with E-state index in [0.717, 1.165) is 35.0 Å². The summed E-state index contributed by atoms with van der Waals surface area (Å²) in [5.74, 6) is 2.34. The van der Waals surface area contributed by atoms with Gasteiger partial charge in [0.05, 0.1) is 0 Å². The van der Waals surface area contributed by atoms with Gasteiger partial charge >= 0.3 is 0 Å². The molecule has 1 aromatic heterocycles. The van der Waals surface area contributed by atoms with Crippen molar-refractivity contribution in [2.24, 2.45) is 11.8 Å². The summed E-state index contributed by atoms with van der Waals surface area (Å²) >= 11 is 3.45. The Morgan fingerprint density at radius 1 is 1.29 bits per heavy atom. The lowest BCUT2D eigenvalue weighted by Crippen LogP contribution is -2.29. The van der Waals surface area contributed by atoms with Gasteiger partial charge in [0.2, 0.25) is 5.88 Å². The topological polar surface area (TPSA) is 22.1 Å². The lowest BCUT2D eigenvalue weighted by atomic mass is 9.80. The second kappa shape index (κ2) is 5.38. The summed E-state index contributed by atoms with van der Waals surface area (Å²) in [5.41, 5.74) is 1.17. The first kappa shape index (κ1) is 12.9. The quantitative estimate of drug-likeness (QED) is 0.809. The predicted molar refractivity (Wildman–Crippen MR) is 73.3 cm³/mol. The number of rotatable bonds is 2. The van der Waals surface area contributed by atoms with E-state index >= 15 is 0 Å². The molecule has 0 amide bonds. The van der Waals surface area contributed by atoms with Crippen LogP contribution in [-0.2, 0) is 0 Å². The van der Waals surface area contributed by atoms with Crippen LogP contribution in [0.3, 0.4) is 0 Å². The zero-order chi connectivity index (χ0) is 12.4. The van der Waals surface area contributed by atoms with Crippen molar-refractivity contribution in [2.45, 2.75) is 46.1 Å². The molecule has 94 valence electrons. The number of pyridine rings is 1. The highest BCUT2D eigenvalue weighted by Crippen LogP contribution is 2.31. The van der Waals surface area contributed by atoms with Gasteiger partial charge in [-0.3, -0.25) is 0 Å². The molecule has 1 aliphatic rings. The van der Waals surface area contributed by atoms with Crippen molar-refractivity contribution in [3.63, 3.8) is 0 Å². The number of nitrogens with zero attached hydrogens (tertiary/aromatic N) is 1. The number of ether oxygens (including phenoxy) is 1. The molecule has 17 heavy (non-hydrogen) atoms. The van der Waals surface area contributed by atoms with E-state index in [4.69, 9.17) is 4.74 Å². The van der Waals surface area contributed by atoms with Crippen LogP contribution in [0.25, 0.3) is 0 Å². The molecule has 1 heterocycles. The first-order valence-corrected chi connectivity index (χ1v) is 7.14. The first-order valence-electron chi connectivity index (χ1n) is 6.35. The maximum atomic E-state index is 5.98. The monoisotopic (exact) mass is 297 g/mol. The van der Waals surface area contributed by atoms with Crippen LogP contribution in [0.4, 0.5) is 0 Å². The zero-order valence-electron chi connectivity index (χ0n) is 10.7. The van der Waals surface area contributed by atoms with Crippen LogP contribution in [-0.4, -0.2) is 11.1 Å². The molecule has 0 aromatic carbocycles. The Kier molecular flexibility index (Phi) is 4.08. The van der Waals surface area contributed by atoms with Gasteiger partial charge < -0.3 is 4.74 Å². The SMILES string of the molecule is Cc1cc(OC2CCC(C)C(C)C2)ncc1Br. The fourth-order valence-corrected chi connectivity index (χ4v) is 2.57. The van der Waals surface area contributed by atoms with E-state index in [0.29, 0.717) is 6.10 Å². The number of aryl methyl sites for hydroxylation is 1. The summed E-state index contributed by atoms with van der Waals surface area (Å²) in [6, 6.07) is 2.01. The molecule has 0 saturated heterocycles. The van der Waals surface area contributed by atoms with Crippen molar-refractivity contribution in [3.05, 3.63) is 22.3 Å². The molecule has 3 atom stereocenters. The van der Waals surface area contributed by atoms with Crippen LogP contribution in [0, 0.1) is 18.8 Å². The molecular formula is C14H20BrNO. The number of aromatic nitrogens is 1. The smallest absolute Gasteiger partial charge is 0.213 e. The summed E-state index contributed by atoms with van der Waals surface area (Å²) in [5, 5.41) is 0. The lowest BCUT2D eigenvalue weighted by Gasteiger charge is -2.31. The molecule has 1 aromatic rings. The Morgan fingerprint density at radius 3 is 2.71 bits per heavy atom. The van der Waals surface area contributed by atoms with E-state index < -0.39 is 0 Å². The van der Waals surface area contributed by atoms with Crippen LogP contribution in [0.15, 0.2) is 16.7 Å². The van der Waals surface area contributed by atoms with Crippen LogP contribution in [0.2, 0.25) is 0 Å². The molecule has 2 nitrogen and oxygen atoms in total. The van der Waals surface area contributed by atoms with E-state index in [9.17, 15) is 0 Å². The Hall–Kier alpha value is -0.570. The normalized spacial score (nSPS) is 29.1. The molecule has 1 saturated carbocycles. The fourth-order valence-electron chi connectivity index (χ4n) is 2.35. The van der Waals surface area contributed by atoms with Gasteiger partial charge in [-0.2, -0.15) is 0 Å². The van der Waals surface area contributed by atoms with Gasteiger partial charge in [-0.1, -0.05) is 13.8 Å². The van der Waals surface area contributed by atoms with E-state index in [1.165, 1.54) is 12.0 Å². The third-order valence-corrected chi connectivity index (χ3v) is 4.69. The maximum absolute atomic E-state index is 5.98. The van der Waals surface area contributed by atoms with Crippen LogP contribution in [0.1, 0.15) is 38.7 Å². The minimum absolute atomic E-state index is 0.342. The van der Waals surface area contributed by atoms with Crippen molar-refractivity contribution >= 4 is 15.9 Å². The van der Waals surface area contributed by atoms with Gasteiger partial charge in [-0.15, -0.1) is 0 Å². The van der Waals surface area contributed by atoms with Gasteiger partial charge in [0, 0.05) is 16.7 Å². The predicted octanol–water partition coefficient (Wildman–Crippen LogP) is 4.36. The molecule has 1 fully saturated rings. The van der Waals surface area contributed by atoms with Crippen molar-refractivity contribution in [1.29, 1.82) is 0 Å². The molecule has 0 radical (unpaired) electrons. The second-order valence-electron chi connectivity index (χ2n) is 5.28. The molecule has 0 spiro atoms. The van der Waals surface area contributed by atoms with E-state index in [1.807, 2.05) is 12.3 Å². The summed E-state index contributed by atoms with van der Waals surface area (Å²) in [4.78, 5) is 4.31. The van der Waals surface area contributed by atoms with Gasteiger partial charge in [0.15, 0.2) is 0 Å². The molecule has 0 N–H and O–H groups in total. The Balaban J connectivity index is 1.99. The first-order chi connectivity index (χ1) is 8.06. The zero-order valence-corrected chi connectivity index (χ0v) is 12.3. The van der Waals surface area contributed by atoms with E-state index in [-0.39, 0.29) is 0 Å². The van der Waals surface area contributed by atoms with Crippen molar-refractivity contribution in [2.75, 3.05) is 0 Å². The molecular weight excluding hydrogens is 278 g/mol. The summed E-state index contributed by atoms with van der Waals surface area (Å²) < 4.78 is 7.02. The minimum Gasteiger partial charge on any atom is -0.474 e. The average Bonchev–Trinajstić information content (AvgIpc) is 2.29. The second-order valence-corrected chi connectivity index (χ2v) is 6.13. The fraction of sp³-hybridized carbons (Fsp3) is 0.643. The average molecular weight is 298 g/mol. The van der Waals surface area contributed by atoms with Gasteiger partial charge in [0.25, 0.3) is 0 Å². The molecule has 1 aliphatic carbocycles. The molecule has 3 heteroatoms. The molecule has 2 rings (SSSR count). The largest absolute Gasteiger partial charge is 0.474 e. The third kappa shape index (κ3) is 3.21. The Morgan fingerprint density at radius 2 is 2.06 bits per heavy atom. The number of hydrogen-bond acceptors (Lipinski definition) is 2. The van der Waals surface area contributed by atoms with Crippen LogP contribution in [0.5, 0.6) is 5.88 Å². The molecule has 0 aliphatic heterocycles. The highest BCUT2D eigenvalue weighted by atomic mass is 79.9. The Bertz CT molecular complexity index is 394. The van der Waals surface area contributed by atoms with E-state index in [2.05, 4.69) is 41.7 Å². The minimum atomic E-state index is 0.342. The molecule has 3 unspecified atom stereocenters. The number of halogens is 1. The summed E-state index contributed by atoms with van der Waals surface area (Å²) in [7, 11) is 0. The van der Waals surface area contributed by atoms with Crippen molar-refractivity contribution in [1.82, 2.24) is 4.98 Å². The van der Waals surface area contributed by atoms with Crippen molar-refractivity contribution < 1.29 is 4.74 Å². The van der Waals surface area contributed by atoms with Crippen LogP contribution < -0.4 is 4.74 Å². The van der Waals surface area contributed by atoms with Crippen molar-refractivity contribution in [3.8, 4) is 5.88 Å². The van der Waals surface area contributed by atoms with Gasteiger partial charge in [-0.05, 0) is 59.5 Å². The summed E-state index contributed by atoms with van der Waals surface area (Å²) in [6.45, 7) is 6.72. The maximum Gasteiger partial charge on any atom is 0.213 e. The lowest BCUT2D eigenvalue weighted by molar-refractivity contribution is 0.0964. The van der Waals surface area contributed by atoms with Crippen LogP contribution >= 0.6 is 15.9 Å². The third-order valence-electron chi connectivity index (χ3n) is 3.86. The number of hydrogen-bond donors (Lipinski definition) is 0. The highest BCUT2D eigenvalue weighted by molar-refractivity contribution is 9.10. The van der Waals surface area contributed by atoms with Gasteiger partial charge in [-0.25, -0.2) is 4.98 Å². The van der Waals surface area contributed by atoms with E-state index in [1.54, 1.807) is 0 Å². The highest BCUT2D eigenvalue weighted by Gasteiger charge is 2.25. The standard InChI is InChI=1S/C14H20BrNO/c1-9-4-5-12(6-10(9)2)17-14-7-11(3)13(15)8-16-14/h7-10,12H,4-6H2,1-3H3. The molecule has 0 bridgehead atoms. The summed E-state index contributed by atoms with van der Waals surface area (Å²) in [6.07, 6.45) is 5.73. The van der Waals surface area contributed by atoms with Gasteiger partial charge in [0.1, 0.15) is 6.10 Å².